The van der Waals surface area contributed by atoms with Crippen LogP contribution >= 0.6 is 11.5 Å². The predicted octanol–water partition coefficient (Wildman–Crippen LogP) is 1.36. The van der Waals surface area contributed by atoms with E-state index in [0.29, 0.717) is 0 Å². The first-order valence-electron chi connectivity index (χ1n) is 3.32. The largest absolute Gasteiger partial charge is 0.253 e. The molecule has 0 amide bonds. The van der Waals surface area contributed by atoms with Crippen molar-refractivity contribution in [1.29, 1.82) is 0 Å². The Morgan fingerprint density at radius 3 is 2.55 bits per heavy atom. The van der Waals surface area contributed by atoms with Crippen molar-refractivity contribution in [3.63, 3.8) is 0 Å². The van der Waals surface area contributed by atoms with Crippen LogP contribution in [-0.4, -0.2) is 19.0 Å². The van der Waals surface area contributed by atoms with Gasteiger partial charge in [-0.25, -0.2) is 0 Å². The summed E-state index contributed by atoms with van der Waals surface area (Å²) in [4.78, 5) is 0. The maximum atomic E-state index is 11.5. The van der Waals surface area contributed by atoms with Crippen molar-refractivity contribution in [2.24, 2.45) is 0 Å². The lowest BCUT2D eigenvalue weighted by atomic mass is 10.6. The molecule has 0 aromatic carbocycles. The summed E-state index contributed by atoms with van der Waals surface area (Å²) in [7, 11) is -0.922. The molecule has 0 aliphatic heterocycles. The van der Waals surface area contributed by atoms with Gasteiger partial charge in [0, 0.05) is 5.25 Å². The van der Waals surface area contributed by atoms with Gasteiger partial charge in [-0.05, 0) is 18.5 Å². The van der Waals surface area contributed by atoms with Gasteiger partial charge < -0.3 is 0 Å². The number of aryl methyl sites for hydroxylation is 1. The number of nitrogens with zero attached hydrogens (tertiary/aromatic N) is 2. The average molecular weight is 190 g/mol. The molecule has 0 fully saturated rings. The molecule has 0 aliphatic rings. The van der Waals surface area contributed by atoms with Crippen molar-refractivity contribution in [3.05, 3.63) is 5.69 Å². The molecule has 11 heavy (non-hydrogen) atoms. The van der Waals surface area contributed by atoms with Crippen molar-refractivity contribution in [1.82, 2.24) is 9.59 Å². The van der Waals surface area contributed by atoms with Gasteiger partial charge in [0.25, 0.3) is 0 Å². The zero-order valence-corrected chi connectivity index (χ0v) is 8.33. The molecule has 0 spiro atoms. The quantitative estimate of drug-likeness (QED) is 0.707. The molecule has 1 aromatic rings. The van der Waals surface area contributed by atoms with Crippen molar-refractivity contribution >= 4 is 22.3 Å². The lowest BCUT2D eigenvalue weighted by Gasteiger charge is -2.00. The second-order valence-corrected chi connectivity index (χ2v) is 5.45. The normalized spacial score (nSPS) is 13.8. The molecule has 0 bridgehead atoms. The summed E-state index contributed by atoms with van der Waals surface area (Å²) in [5.74, 6) is 0. The predicted molar refractivity (Wildman–Crippen MR) is 46.2 cm³/mol. The summed E-state index contributed by atoms with van der Waals surface area (Å²) < 4.78 is 16.0. The highest BCUT2D eigenvalue weighted by Gasteiger charge is 2.14. The third-order valence-corrected chi connectivity index (χ3v) is 4.08. The Morgan fingerprint density at radius 2 is 2.18 bits per heavy atom. The maximum absolute atomic E-state index is 11.5. The van der Waals surface area contributed by atoms with E-state index in [1.807, 2.05) is 20.8 Å². The lowest BCUT2D eigenvalue weighted by molar-refractivity contribution is 0.677. The molecule has 0 radical (unpaired) electrons. The van der Waals surface area contributed by atoms with Crippen LogP contribution in [0.15, 0.2) is 4.21 Å². The van der Waals surface area contributed by atoms with E-state index in [4.69, 9.17) is 0 Å². The van der Waals surface area contributed by atoms with E-state index in [0.717, 1.165) is 9.90 Å². The molecule has 0 unspecified atom stereocenters. The summed E-state index contributed by atoms with van der Waals surface area (Å²) in [6.07, 6.45) is 0. The van der Waals surface area contributed by atoms with E-state index < -0.39 is 10.8 Å². The van der Waals surface area contributed by atoms with Gasteiger partial charge in [0.1, 0.15) is 4.21 Å². The van der Waals surface area contributed by atoms with Gasteiger partial charge in [-0.3, -0.25) is 4.21 Å². The fourth-order valence-corrected chi connectivity index (χ4v) is 2.76. The van der Waals surface area contributed by atoms with E-state index in [1.165, 1.54) is 11.5 Å². The van der Waals surface area contributed by atoms with Gasteiger partial charge in [-0.1, -0.05) is 18.3 Å². The molecule has 1 rings (SSSR count). The maximum Gasteiger partial charge on any atom is 0.135 e. The SMILES string of the molecule is Cc1nnsc1[S@@](=O)C(C)C. The lowest BCUT2D eigenvalue weighted by Crippen LogP contribution is -2.05. The second kappa shape index (κ2) is 3.40. The Bertz CT molecular complexity index is 269. The molecule has 0 saturated heterocycles. The van der Waals surface area contributed by atoms with Crippen LogP contribution in [0.4, 0.5) is 0 Å². The third-order valence-electron chi connectivity index (χ3n) is 1.22. The van der Waals surface area contributed by atoms with Crippen LogP contribution < -0.4 is 0 Å². The van der Waals surface area contributed by atoms with Gasteiger partial charge in [-0.15, -0.1) is 5.10 Å². The summed E-state index contributed by atoms with van der Waals surface area (Å²) in [6.45, 7) is 5.68. The number of hydrogen-bond donors (Lipinski definition) is 0. The molecule has 3 nitrogen and oxygen atoms in total. The minimum absolute atomic E-state index is 0.149. The van der Waals surface area contributed by atoms with Crippen molar-refractivity contribution in [2.75, 3.05) is 0 Å². The molecule has 1 aromatic heterocycles. The van der Waals surface area contributed by atoms with Crippen LogP contribution in [0.3, 0.4) is 0 Å². The van der Waals surface area contributed by atoms with E-state index >= 15 is 0 Å². The van der Waals surface area contributed by atoms with Crippen LogP contribution in [0.1, 0.15) is 19.5 Å². The highest BCUT2D eigenvalue weighted by Crippen LogP contribution is 2.17. The molecule has 1 atom stereocenters. The number of aromatic nitrogens is 2. The highest BCUT2D eigenvalue weighted by atomic mass is 32.2. The van der Waals surface area contributed by atoms with Crippen molar-refractivity contribution < 1.29 is 4.21 Å². The average Bonchev–Trinajstić information content (AvgIpc) is 2.33. The molecule has 62 valence electrons. The molecule has 0 saturated carbocycles. The highest BCUT2D eigenvalue weighted by molar-refractivity contribution is 7.87. The minimum atomic E-state index is -0.922. The van der Waals surface area contributed by atoms with Gasteiger partial charge in [0.15, 0.2) is 0 Å². The van der Waals surface area contributed by atoms with E-state index in [2.05, 4.69) is 9.59 Å². The molecule has 5 heteroatoms. The standard InChI is InChI=1S/C6H10N2OS2/c1-4(2)11(9)6-5(3)7-8-10-6/h4H,1-3H3/t11-/m0/s1. The monoisotopic (exact) mass is 190 g/mol. The van der Waals surface area contributed by atoms with Gasteiger partial charge in [0.05, 0.1) is 16.5 Å². The first-order chi connectivity index (χ1) is 5.13. The van der Waals surface area contributed by atoms with Gasteiger partial charge in [0.2, 0.25) is 0 Å². The van der Waals surface area contributed by atoms with Crippen LogP contribution in [-0.2, 0) is 10.8 Å². The number of rotatable bonds is 2. The topological polar surface area (TPSA) is 42.9 Å². The smallest absolute Gasteiger partial charge is 0.135 e. The van der Waals surface area contributed by atoms with E-state index in [-0.39, 0.29) is 5.25 Å². The molecular weight excluding hydrogens is 180 g/mol. The first-order valence-corrected chi connectivity index (χ1v) is 5.31. The Hall–Kier alpha value is -0.290. The zero-order chi connectivity index (χ0) is 8.43. The van der Waals surface area contributed by atoms with E-state index in [1.54, 1.807) is 0 Å². The van der Waals surface area contributed by atoms with Crippen LogP contribution in [0.2, 0.25) is 0 Å². The Morgan fingerprint density at radius 1 is 1.55 bits per heavy atom. The van der Waals surface area contributed by atoms with Gasteiger partial charge >= 0.3 is 0 Å². The summed E-state index contributed by atoms with van der Waals surface area (Å²) in [6, 6.07) is 0. The summed E-state index contributed by atoms with van der Waals surface area (Å²) >= 11 is 1.22. The molecule has 0 aliphatic carbocycles. The summed E-state index contributed by atoms with van der Waals surface area (Å²) in [5, 5.41) is 3.94. The number of hydrogen-bond acceptors (Lipinski definition) is 4. The zero-order valence-electron chi connectivity index (χ0n) is 6.70. The minimum Gasteiger partial charge on any atom is -0.253 e. The third kappa shape index (κ3) is 1.84. The Balaban J connectivity index is 2.93. The van der Waals surface area contributed by atoms with E-state index in [9.17, 15) is 4.21 Å². The van der Waals surface area contributed by atoms with Crippen LogP contribution in [0.5, 0.6) is 0 Å². The van der Waals surface area contributed by atoms with Crippen molar-refractivity contribution in [3.8, 4) is 0 Å². The second-order valence-electron chi connectivity index (χ2n) is 2.49. The van der Waals surface area contributed by atoms with Crippen molar-refractivity contribution in [2.45, 2.75) is 30.2 Å². The molecule has 0 N–H and O–H groups in total. The molecule has 1 heterocycles. The first kappa shape index (κ1) is 8.80. The summed E-state index contributed by atoms with van der Waals surface area (Å²) in [5.41, 5.74) is 0.794. The fraction of sp³-hybridized carbons (Fsp3) is 0.667. The van der Waals surface area contributed by atoms with Crippen LogP contribution in [0, 0.1) is 6.92 Å². The van der Waals surface area contributed by atoms with Gasteiger partial charge in [-0.2, -0.15) is 0 Å². The Kier molecular flexibility index (Phi) is 2.72. The molecular formula is C6H10N2OS2. The van der Waals surface area contributed by atoms with Crippen LogP contribution in [0.25, 0.3) is 0 Å². The Labute approximate surface area is 72.5 Å². The fourth-order valence-electron chi connectivity index (χ4n) is 0.622.